The van der Waals surface area contributed by atoms with Crippen molar-refractivity contribution in [1.82, 2.24) is 0 Å². The Labute approximate surface area is 113 Å². The summed E-state index contributed by atoms with van der Waals surface area (Å²) in [6, 6.07) is 2.90. The molecule has 0 radical (unpaired) electrons. The van der Waals surface area contributed by atoms with Crippen LogP contribution in [-0.2, 0) is 9.47 Å². The Kier molecular flexibility index (Phi) is 4.72. The summed E-state index contributed by atoms with van der Waals surface area (Å²) < 4.78 is 9.97. The number of methoxy groups -OCH3 is 1. The normalized spacial score (nSPS) is 10.3. The molecule has 0 aliphatic rings. The van der Waals surface area contributed by atoms with Crippen LogP contribution in [0.4, 0.5) is 5.69 Å². The molecule has 0 heterocycles. The van der Waals surface area contributed by atoms with E-state index in [0.29, 0.717) is 4.47 Å². The summed E-state index contributed by atoms with van der Waals surface area (Å²) in [6.07, 6.45) is -0.240. The van der Waals surface area contributed by atoms with Gasteiger partial charge in [-0.2, -0.15) is 0 Å². The molecule has 1 aromatic rings. The van der Waals surface area contributed by atoms with E-state index in [0.717, 1.165) is 0 Å². The van der Waals surface area contributed by atoms with E-state index in [2.05, 4.69) is 20.7 Å². The van der Waals surface area contributed by atoms with Crippen molar-refractivity contribution in [3.8, 4) is 0 Å². The van der Waals surface area contributed by atoms with Gasteiger partial charge in [0.1, 0.15) is 0 Å². The van der Waals surface area contributed by atoms with Crippen LogP contribution in [0.2, 0.25) is 0 Å². The number of nitrogen functional groups attached to an aromatic ring is 1. The van der Waals surface area contributed by atoms with E-state index in [1.165, 1.54) is 19.2 Å². The van der Waals surface area contributed by atoms with Gasteiger partial charge in [0.2, 0.25) is 0 Å². The smallest absolute Gasteiger partial charge is 0.340 e. The summed E-state index contributed by atoms with van der Waals surface area (Å²) in [7, 11) is 1.27. The molecular weight excluding hydrogens is 302 g/mol. The molecule has 0 amide bonds. The SMILES string of the molecule is COC(=O)c1ccc(C(=O)OC(C)C)c(N)c1Br. The van der Waals surface area contributed by atoms with Gasteiger partial charge in [0, 0.05) is 0 Å². The fraction of sp³-hybridized carbons (Fsp3) is 0.333. The van der Waals surface area contributed by atoms with Crippen molar-refractivity contribution >= 4 is 33.6 Å². The number of carbonyl (C=O) groups is 2. The van der Waals surface area contributed by atoms with Gasteiger partial charge in [-0.25, -0.2) is 9.59 Å². The zero-order valence-electron chi connectivity index (χ0n) is 10.3. The van der Waals surface area contributed by atoms with Gasteiger partial charge in [0.05, 0.1) is 34.5 Å². The molecule has 0 aliphatic heterocycles. The van der Waals surface area contributed by atoms with Gasteiger partial charge in [-0.05, 0) is 41.9 Å². The van der Waals surface area contributed by atoms with Crippen LogP contribution < -0.4 is 5.73 Å². The summed E-state index contributed by atoms with van der Waals surface area (Å²) in [6.45, 7) is 3.48. The van der Waals surface area contributed by atoms with E-state index in [1.54, 1.807) is 13.8 Å². The van der Waals surface area contributed by atoms with E-state index in [1.807, 2.05) is 0 Å². The Morgan fingerprint density at radius 2 is 1.78 bits per heavy atom. The monoisotopic (exact) mass is 315 g/mol. The Morgan fingerprint density at radius 3 is 2.28 bits per heavy atom. The Morgan fingerprint density at radius 1 is 1.22 bits per heavy atom. The van der Waals surface area contributed by atoms with Gasteiger partial charge in [-0.3, -0.25) is 0 Å². The van der Waals surface area contributed by atoms with E-state index >= 15 is 0 Å². The Hall–Kier alpha value is -1.56. The second-order valence-electron chi connectivity index (χ2n) is 3.83. The van der Waals surface area contributed by atoms with Crippen LogP contribution in [0, 0.1) is 0 Å². The van der Waals surface area contributed by atoms with Crippen LogP contribution in [0.1, 0.15) is 34.6 Å². The van der Waals surface area contributed by atoms with E-state index in [9.17, 15) is 9.59 Å². The van der Waals surface area contributed by atoms with Crippen molar-refractivity contribution in [2.24, 2.45) is 0 Å². The zero-order valence-corrected chi connectivity index (χ0v) is 11.9. The number of esters is 2. The first-order valence-electron chi connectivity index (χ1n) is 5.25. The highest BCUT2D eigenvalue weighted by atomic mass is 79.9. The number of benzene rings is 1. The lowest BCUT2D eigenvalue weighted by Crippen LogP contribution is -2.15. The molecule has 6 heteroatoms. The molecule has 0 aromatic heterocycles. The molecule has 98 valence electrons. The van der Waals surface area contributed by atoms with Crippen molar-refractivity contribution < 1.29 is 19.1 Å². The van der Waals surface area contributed by atoms with Crippen LogP contribution in [-0.4, -0.2) is 25.2 Å². The fourth-order valence-electron chi connectivity index (χ4n) is 1.32. The molecule has 1 aromatic carbocycles. The van der Waals surface area contributed by atoms with Crippen LogP contribution in [0.25, 0.3) is 0 Å². The predicted octanol–water partition coefficient (Wildman–Crippen LogP) is 2.38. The molecule has 0 spiro atoms. The van der Waals surface area contributed by atoms with Gasteiger partial charge in [0.15, 0.2) is 0 Å². The van der Waals surface area contributed by atoms with Gasteiger partial charge >= 0.3 is 11.9 Å². The number of hydrogen-bond donors (Lipinski definition) is 1. The Balaban J connectivity index is 3.16. The summed E-state index contributed by atoms with van der Waals surface area (Å²) in [5.74, 6) is -1.06. The zero-order chi connectivity index (χ0) is 13.9. The third-order valence-electron chi connectivity index (χ3n) is 2.15. The van der Waals surface area contributed by atoms with Crippen molar-refractivity contribution in [3.63, 3.8) is 0 Å². The average Bonchev–Trinajstić information content (AvgIpc) is 2.30. The van der Waals surface area contributed by atoms with Gasteiger partial charge in [-0.1, -0.05) is 0 Å². The number of anilines is 1. The number of ether oxygens (including phenoxy) is 2. The largest absolute Gasteiger partial charge is 0.465 e. The Bertz CT molecular complexity index is 485. The first kappa shape index (κ1) is 14.5. The lowest BCUT2D eigenvalue weighted by molar-refractivity contribution is 0.0378. The number of rotatable bonds is 3. The molecular formula is C12H14BrNO4. The molecule has 0 atom stereocenters. The number of halogens is 1. The van der Waals surface area contributed by atoms with Crippen LogP contribution >= 0.6 is 15.9 Å². The van der Waals surface area contributed by atoms with Gasteiger partial charge in [-0.15, -0.1) is 0 Å². The maximum atomic E-state index is 11.7. The first-order chi connectivity index (χ1) is 8.38. The van der Waals surface area contributed by atoms with Crippen molar-refractivity contribution in [3.05, 3.63) is 27.7 Å². The average molecular weight is 316 g/mol. The lowest BCUT2D eigenvalue weighted by atomic mass is 10.1. The standard InChI is InChI=1S/C12H14BrNO4/c1-6(2)18-12(16)8-5-4-7(11(15)17-3)9(13)10(8)14/h4-6H,14H2,1-3H3. The molecule has 0 bridgehead atoms. The first-order valence-corrected chi connectivity index (χ1v) is 6.05. The van der Waals surface area contributed by atoms with E-state index in [4.69, 9.17) is 10.5 Å². The van der Waals surface area contributed by atoms with Crippen LogP contribution in [0.15, 0.2) is 16.6 Å². The molecule has 0 fully saturated rings. The number of carbonyl (C=O) groups excluding carboxylic acids is 2. The topological polar surface area (TPSA) is 78.6 Å². The summed E-state index contributed by atoms with van der Waals surface area (Å²) >= 11 is 3.17. The summed E-state index contributed by atoms with van der Waals surface area (Å²) in [5.41, 5.74) is 6.42. The third kappa shape index (κ3) is 3.01. The highest BCUT2D eigenvalue weighted by Gasteiger charge is 2.20. The molecule has 0 saturated carbocycles. The van der Waals surface area contributed by atoms with Crippen molar-refractivity contribution in [2.75, 3.05) is 12.8 Å². The molecule has 2 N–H and O–H groups in total. The van der Waals surface area contributed by atoms with Crippen LogP contribution in [0.3, 0.4) is 0 Å². The maximum absolute atomic E-state index is 11.7. The summed E-state index contributed by atoms with van der Waals surface area (Å²) in [5, 5.41) is 0. The van der Waals surface area contributed by atoms with Gasteiger partial charge in [0.25, 0.3) is 0 Å². The molecule has 5 nitrogen and oxygen atoms in total. The fourth-order valence-corrected chi connectivity index (χ4v) is 1.82. The second-order valence-corrected chi connectivity index (χ2v) is 4.63. The minimum absolute atomic E-state index is 0.156. The minimum Gasteiger partial charge on any atom is -0.465 e. The van der Waals surface area contributed by atoms with Crippen LogP contribution in [0.5, 0.6) is 0 Å². The van der Waals surface area contributed by atoms with E-state index in [-0.39, 0.29) is 22.9 Å². The molecule has 0 unspecified atom stereocenters. The van der Waals surface area contributed by atoms with E-state index < -0.39 is 11.9 Å². The minimum atomic E-state index is -0.530. The molecule has 18 heavy (non-hydrogen) atoms. The quantitative estimate of drug-likeness (QED) is 0.684. The lowest BCUT2D eigenvalue weighted by Gasteiger charge is -2.12. The molecule has 1 rings (SSSR count). The molecule has 0 saturated heterocycles. The highest BCUT2D eigenvalue weighted by molar-refractivity contribution is 9.10. The molecule has 0 aliphatic carbocycles. The second kappa shape index (κ2) is 5.86. The third-order valence-corrected chi connectivity index (χ3v) is 3.00. The highest BCUT2D eigenvalue weighted by Crippen LogP contribution is 2.28. The number of nitrogens with two attached hydrogens (primary N) is 1. The van der Waals surface area contributed by atoms with Crippen molar-refractivity contribution in [2.45, 2.75) is 20.0 Å². The summed E-state index contributed by atoms with van der Waals surface area (Å²) in [4.78, 5) is 23.2. The van der Waals surface area contributed by atoms with Crippen molar-refractivity contribution in [1.29, 1.82) is 0 Å². The predicted molar refractivity (Wildman–Crippen MR) is 70.4 cm³/mol. The maximum Gasteiger partial charge on any atom is 0.340 e. The number of hydrogen-bond acceptors (Lipinski definition) is 5. The van der Waals surface area contributed by atoms with Gasteiger partial charge < -0.3 is 15.2 Å².